The molecule has 1 aliphatic heterocycles. The predicted octanol–water partition coefficient (Wildman–Crippen LogP) is 4.29. The predicted molar refractivity (Wildman–Crippen MR) is 104 cm³/mol. The lowest BCUT2D eigenvalue weighted by Gasteiger charge is -2.32. The number of amides is 1. The molecule has 6 nitrogen and oxygen atoms in total. The van der Waals surface area contributed by atoms with Crippen LogP contribution >= 0.6 is 0 Å². The van der Waals surface area contributed by atoms with E-state index in [0.717, 1.165) is 23.4 Å². The van der Waals surface area contributed by atoms with Gasteiger partial charge in [0, 0.05) is 43.2 Å². The van der Waals surface area contributed by atoms with E-state index >= 15 is 0 Å². The van der Waals surface area contributed by atoms with Crippen molar-refractivity contribution in [2.45, 2.75) is 44.7 Å². The topological polar surface area (TPSA) is 63.4 Å². The summed E-state index contributed by atoms with van der Waals surface area (Å²) in [6.07, 6.45) is 0.0797. The molecule has 0 aliphatic carbocycles. The summed E-state index contributed by atoms with van der Waals surface area (Å²) in [6, 6.07) is 6.08. The zero-order valence-corrected chi connectivity index (χ0v) is 16.7. The number of hydrogen-bond acceptors (Lipinski definition) is 4. The highest BCUT2D eigenvalue weighted by Gasteiger charge is 2.36. The third-order valence-electron chi connectivity index (χ3n) is 5.38. The summed E-state index contributed by atoms with van der Waals surface area (Å²) in [5.41, 5.74) is 0.743. The van der Waals surface area contributed by atoms with Gasteiger partial charge in [-0.05, 0) is 37.0 Å². The van der Waals surface area contributed by atoms with Crippen LogP contribution in [0.3, 0.4) is 0 Å². The van der Waals surface area contributed by atoms with Crippen molar-refractivity contribution in [3.05, 3.63) is 59.3 Å². The van der Waals surface area contributed by atoms with Crippen molar-refractivity contribution in [1.29, 1.82) is 0 Å². The zero-order chi connectivity index (χ0) is 21.5. The maximum Gasteiger partial charge on any atom is 0.433 e. The third-order valence-corrected chi connectivity index (χ3v) is 5.38. The van der Waals surface area contributed by atoms with Crippen LogP contribution in [0.4, 0.5) is 13.2 Å². The largest absolute Gasteiger partial charge is 0.433 e. The molecule has 0 bridgehead atoms. The van der Waals surface area contributed by atoms with Crippen LogP contribution < -0.4 is 0 Å². The van der Waals surface area contributed by atoms with Crippen molar-refractivity contribution >= 4 is 11.6 Å². The van der Waals surface area contributed by atoms with Gasteiger partial charge in [0.2, 0.25) is 0 Å². The Bertz CT molecular complexity index is 1060. The van der Waals surface area contributed by atoms with Gasteiger partial charge in [0.1, 0.15) is 5.69 Å². The minimum absolute atomic E-state index is 0.132. The third kappa shape index (κ3) is 3.88. The van der Waals surface area contributed by atoms with E-state index in [1.165, 1.54) is 6.20 Å². The second-order valence-corrected chi connectivity index (χ2v) is 7.89. The number of piperidine rings is 1. The van der Waals surface area contributed by atoms with Gasteiger partial charge in [-0.15, -0.1) is 0 Å². The summed E-state index contributed by atoms with van der Waals surface area (Å²) in [6.45, 7) is 4.61. The van der Waals surface area contributed by atoms with Gasteiger partial charge in [-0.3, -0.25) is 9.78 Å². The number of hydrogen-bond donors (Lipinski definition) is 0. The molecule has 1 amide bonds. The lowest BCUT2D eigenvalue weighted by Crippen LogP contribution is -2.39. The van der Waals surface area contributed by atoms with E-state index in [9.17, 15) is 18.0 Å². The Balaban J connectivity index is 1.66. The van der Waals surface area contributed by atoms with Crippen molar-refractivity contribution < 1.29 is 18.0 Å². The molecule has 3 aromatic heterocycles. The van der Waals surface area contributed by atoms with Crippen molar-refractivity contribution in [2.24, 2.45) is 0 Å². The highest BCUT2D eigenvalue weighted by Crippen LogP contribution is 2.33. The molecule has 0 N–H and O–H groups in total. The molecule has 3 aromatic rings. The average Bonchev–Trinajstić information content (AvgIpc) is 3.16. The Hall–Kier alpha value is -2.97. The van der Waals surface area contributed by atoms with Crippen molar-refractivity contribution in [2.75, 3.05) is 13.1 Å². The van der Waals surface area contributed by atoms with Gasteiger partial charge in [-0.25, -0.2) is 9.50 Å². The number of pyridine rings is 1. The molecular weight excluding hydrogens is 395 g/mol. The van der Waals surface area contributed by atoms with Gasteiger partial charge >= 0.3 is 6.18 Å². The number of aromatic nitrogens is 4. The SMILES string of the molecule is CC(C)c1cc(C(F)(F)F)n2nc(C3CCCN(C(=O)c4cccnc4)C3)cc2n1. The van der Waals surface area contributed by atoms with Crippen molar-refractivity contribution in [1.82, 2.24) is 24.5 Å². The van der Waals surface area contributed by atoms with E-state index in [-0.39, 0.29) is 23.4 Å². The van der Waals surface area contributed by atoms with Crippen LogP contribution in [0, 0.1) is 0 Å². The molecule has 1 atom stereocenters. The lowest BCUT2D eigenvalue weighted by molar-refractivity contribution is -0.142. The number of rotatable bonds is 3. The van der Waals surface area contributed by atoms with E-state index in [4.69, 9.17) is 0 Å². The van der Waals surface area contributed by atoms with Crippen molar-refractivity contribution in [3.8, 4) is 0 Å². The standard InChI is InChI=1S/C21H22F3N5O/c1-13(2)16-9-18(21(22,23)24)29-19(26-16)10-17(27-29)15-6-4-8-28(12-15)20(30)14-5-3-7-25-11-14/h3,5,7,9-11,13,15H,4,6,8,12H2,1-2H3. The van der Waals surface area contributed by atoms with E-state index < -0.39 is 11.9 Å². The fourth-order valence-corrected chi connectivity index (χ4v) is 3.78. The van der Waals surface area contributed by atoms with Gasteiger partial charge in [0.25, 0.3) is 5.91 Å². The first-order chi connectivity index (χ1) is 14.2. The Morgan fingerprint density at radius 1 is 1.27 bits per heavy atom. The first-order valence-corrected chi connectivity index (χ1v) is 9.91. The summed E-state index contributed by atoms with van der Waals surface area (Å²) >= 11 is 0. The summed E-state index contributed by atoms with van der Waals surface area (Å²) in [5.74, 6) is -0.422. The van der Waals surface area contributed by atoms with Gasteiger partial charge in [0.05, 0.1) is 11.3 Å². The van der Waals surface area contributed by atoms with Crippen LogP contribution in [-0.4, -0.2) is 43.5 Å². The molecule has 1 aliphatic rings. The number of fused-ring (bicyclic) bond motifs is 1. The van der Waals surface area contributed by atoms with Crippen LogP contribution in [0.25, 0.3) is 5.65 Å². The number of carbonyl (C=O) groups is 1. The Kier molecular flexibility index (Phi) is 5.21. The number of likely N-dealkylation sites (tertiary alicyclic amines) is 1. The highest BCUT2D eigenvalue weighted by molar-refractivity contribution is 5.94. The molecule has 158 valence electrons. The molecule has 1 saturated heterocycles. The Labute approximate surface area is 171 Å². The van der Waals surface area contributed by atoms with Crippen LogP contribution in [0.1, 0.15) is 66.0 Å². The summed E-state index contributed by atoms with van der Waals surface area (Å²) in [5, 5.41) is 4.25. The Morgan fingerprint density at radius 3 is 2.73 bits per heavy atom. The minimum Gasteiger partial charge on any atom is -0.338 e. The molecule has 0 spiro atoms. The van der Waals surface area contributed by atoms with Crippen molar-refractivity contribution in [3.63, 3.8) is 0 Å². The molecule has 1 unspecified atom stereocenters. The average molecular weight is 417 g/mol. The summed E-state index contributed by atoms with van der Waals surface area (Å²) in [7, 11) is 0. The number of alkyl halides is 3. The van der Waals surface area contributed by atoms with Crippen LogP contribution in [0.15, 0.2) is 36.7 Å². The fraction of sp³-hybridized carbons (Fsp3) is 0.429. The molecule has 9 heteroatoms. The molecule has 4 rings (SSSR count). The lowest BCUT2D eigenvalue weighted by atomic mass is 9.94. The summed E-state index contributed by atoms with van der Waals surface area (Å²) < 4.78 is 41.7. The van der Waals surface area contributed by atoms with Crippen LogP contribution in [-0.2, 0) is 6.18 Å². The maximum absolute atomic E-state index is 13.6. The first kappa shape index (κ1) is 20.3. The maximum atomic E-state index is 13.6. The van der Waals surface area contributed by atoms with E-state index in [0.29, 0.717) is 30.0 Å². The van der Waals surface area contributed by atoms with Gasteiger partial charge in [0.15, 0.2) is 5.65 Å². The molecule has 4 heterocycles. The molecule has 0 aromatic carbocycles. The smallest absolute Gasteiger partial charge is 0.338 e. The van der Waals surface area contributed by atoms with E-state index in [2.05, 4.69) is 15.1 Å². The van der Waals surface area contributed by atoms with Crippen LogP contribution in [0.5, 0.6) is 0 Å². The number of nitrogens with zero attached hydrogens (tertiary/aromatic N) is 5. The summed E-state index contributed by atoms with van der Waals surface area (Å²) in [4.78, 5) is 22.8. The monoisotopic (exact) mass is 417 g/mol. The number of carbonyl (C=O) groups excluding carboxylic acids is 1. The van der Waals surface area contributed by atoms with Crippen LogP contribution in [0.2, 0.25) is 0 Å². The first-order valence-electron chi connectivity index (χ1n) is 9.91. The van der Waals surface area contributed by atoms with Gasteiger partial charge in [-0.1, -0.05) is 13.8 Å². The highest BCUT2D eigenvalue weighted by atomic mass is 19.4. The number of halogens is 3. The molecule has 30 heavy (non-hydrogen) atoms. The molecule has 0 radical (unpaired) electrons. The normalized spacial score (nSPS) is 17.7. The quantitative estimate of drug-likeness (QED) is 0.638. The van der Waals surface area contributed by atoms with E-state index in [1.807, 2.05) is 0 Å². The second kappa shape index (κ2) is 7.70. The molecule has 1 fully saturated rings. The van der Waals surface area contributed by atoms with E-state index in [1.54, 1.807) is 43.1 Å². The fourth-order valence-electron chi connectivity index (χ4n) is 3.78. The molecular formula is C21H22F3N5O. The van der Waals surface area contributed by atoms with Gasteiger partial charge in [-0.2, -0.15) is 18.3 Å². The second-order valence-electron chi connectivity index (χ2n) is 7.89. The molecule has 0 saturated carbocycles. The minimum atomic E-state index is -4.54. The zero-order valence-electron chi connectivity index (χ0n) is 16.7. The van der Waals surface area contributed by atoms with Gasteiger partial charge < -0.3 is 4.90 Å². The Morgan fingerprint density at radius 2 is 2.07 bits per heavy atom.